The molecule has 5 heteroatoms. The van der Waals surface area contributed by atoms with Crippen LogP contribution in [0.2, 0.25) is 0 Å². The van der Waals surface area contributed by atoms with E-state index in [4.69, 9.17) is 0 Å². The molecule has 0 spiro atoms. The third-order valence-electron chi connectivity index (χ3n) is 1.13. The van der Waals surface area contributed by atoms with Gasteiger partial charge in [0.2, 0.25) is 10.0 Å². The molecule has 0 fully saturated rings. The zero-order chi connectivity index (χ0) is 9.19. The van der Waals surface area contributed by atoms with Crippen molar-refractivity contribution in [2.24, 2.45) is 0 Å². The van der Waals surface area contributed by atoms with E-state index in [-0.39, 0.29) is 0 Å². The Morgan fingerprint density at radius 3 is 2.58 bits per heavy atom. The van der Waals surface area contributed by atoms with Crippen LogP contribution in [-0.4, -0.2) is 14.7 Å². The van der Waals surface area contributed by atoms with Crippen LogP contribution < -0.4 is 4.72 Å². The molecule has 0 saturated heterocycles. The van der Waals surface area contributed by atoms with Gasteiger partial charge in [-0.05, 0) is 18.2 Å². The fourth-order valence-corrected chi connectivity index (χ4v) is 1.72. The molecule has 3 nitrogen and oxygen atoms in total. The first-order chi connectivity index (χ1) is 5.47. The number of rotatable bonds is 2. The van der Waals surface area contributed by atoms with E-state index in [1.807, 2.05) is 6.07 Å². The molecule has 1 aromatic carbocycles. The molecule has 66 valence electrons. The molecule has 12 heavy (non-hydrogen) atoms. The zero-order valence-electron chi connectivity index (χ0n) is 6.41. The summed E-state index contributed by atoms with van der Waals surface area (Å²) in [4.78, 5) is 0. The fourth-order valence-electron chi connectivity index (χ4n) is 0.766. The third-order valence-corrected chi connectivity index (χ3v) is 2.23. The van der Waals surface area contributed by atoms with Gasteiger partial charge in [0.25, 0.3) is 0 Å². The molecule has 0 aliphatic rings. The van der Waals surface area contributed by atoms with Crippen LogP contribution in [0.1, 0.15) is 0 Å². The van der Waals surface area contributed by atoms with Gasteiger partial charge in [-0.3, -0.25) is 4.72 Å². The van der Waals surface area contributed by atoms with Gasteiger partial charge in [0.15, 0.2) is 0 Å². The maximum absolute atomic E-state index is 10.8. The van der Waals surface area contributed by atoms with Gasteiger partial charge >= 0.3 is 0 Å². The number of hydrogen-bond donors (Lipinski definition) is 1. The molecule has 0 bridgehead atoms. The van der Waals surface area contributed by atoms with Crippen molar-refractivity contribution in [2.45, 2.75) is 0 Å². The van der Waals surface area contributed by atoms with Crippen LogP contribution >= 0.6 is 15.9 Å². The summed E-state index contributed by atoms with van der Waals surface area (Å²) in [7, 11) is -3.16. The molecule has 0 unspecified atom stereocenters. The summed E-state index contributed by atoms with van der Waals surface area (Å²) in [6, 6.07) is 6.97. The van der Waals surface area contributed by atoms with Crippen molar-refractivity contribution in [3.63, 3.8) is 0 Å². The van der Waals surface area contributed by atoms with Gasteiger partial charge in [0, 0.05) is 10.2 Å². The second-order valence-electron chi connectivity index (χ2n) is 2.38. The Labute approximate surface area is 80.0 Å². The van der Waals surface area contributed by atoms with Crippen LogP contribution in [0, 0.1) is 0 Å². The lowest BCUT2D eigenvalue weighted by Gasteiger charge is -2.02. The summed E-state index contributed by atoms with van der Waals surface area (Å²) in [6.07, 6.45) is 1.12. The lowest BCUT2D eigenvalue weighted by Crippen LogP contribution is -2.09. The number of benzene rings is 1. The number of sulfonamides is 1. The molecule has 0 radical (unpaired) electrons. The first kappa shape index (κ1) is 9.54. The Balaban J connectivity index is 2.91. The maximum atomic E-state index is 10.8. The summed E-state index contributed by atoms with van der Waals surface area (Å²) in [6.45, 7) is 0. The van der Waals surface area contributed by atoms with Crippen molar-refractivity contribution in [3.05, 3.63) is 28.7 Å². The monoisotopic (exact) mass is 249 g/mol. The number of halogens is 1. The predicted molar refractivity (Wildman–Crippen MR) is 52.6 cm³/mol. The topological polar surface area (TPSA) is 46.2 Å². The standard InChI is InChI=1S/C7H8BrNO2S/c1-12(10,11)9-7-4-2-3-6(8)5-7/h2-5,9H,1H3. The van der Waals surface area contributed by atoms with Crippen molar-refractivity contribution in [2.75, 3.05) is 11.0 Å². The smallest absolute Gasteiger partial charge is 0.229 e. The van der Waals surface area contributed by atoms with E-state index < -0.39 is 10.0 Å². The number of nitrogens with one attached hydrogen (secondary N) is 1. The van der Waals surface area contributed by atoms with Crippen LogP contribution in [0.25, 0.3) is 0 Å². The van der Waals surface area contributed by atoms with Gasteiger partial charge in [0.05, 0.1) is 6.26 Å². The number of hydrogen-bond acceptors (Lipinski definition) is 2. The molecule has 0 amide bonds. The van der Waals surface area contributed by atoms with Gasteiger partial charge in [-0.1, -0.05) is 22.0 Å². The Morgan fingerprint density at radius 1 is 1.42 bits per heavy atom. The molecule has 1 N–H and O–H groups in total. The minimum Gasteiger partial charge on any atom is -0.284 e. The largest absolute Gasteiger partial charge is 0.284 e. The van der Waals surface area contributed by atoms with Gasteiger partial charge < -0.3 is 0 Å². The predicted octanol–water partition coefficient (Wildman–Crippen LogP) is 1.82. The second kappa shape index (κ2) is 3.45. The van der Waals surface area contributed by atoms with Gasteiger partial charge in [0.1, 0.15) is 0 Å². The Hall–Kier alpha value is -0.550. The van der Waals surface area contributed by atoms with Crippen LogP contribution in [0.4, 0.5) is 5.69 Å². The average Bonchev–Trinajstić information content (AvgIpc) is 1.82. The van der Waals surface area contributed by atoms with Crippen molar-refractivity contribution in [1.29, 1.82) is 0 Å². The van der Waals surface area contributed by atoms with Gasteiger partial charge in [-0.25, -0.2) is 8.42 Å². The van der Waals surface area contributed by atoms with E-state index in [9.17, 15) is 8.42 Å². The quantitative estimate of drug-likeness (QED) is 0.870. The van der Waals surface area contributed by atoms with Crippen LogP contribution in [0.5, 0.6) is 0 Å². The highest BCUT2D eigenvalue weighted by molar-refractivity contribution is 9.10. The second-order valence-corrected chi connectivity index (χ2v) is 5.05. The van der Waals surface area contributed by atoms with Crippen molar-refractivity contribution < 1.29 is 8.42 Å². The molecular weight excluding hydrogens is 242 g/mol. The Bertz CT molecular complexity index is 375. The van der Waals surface area contributed by atoms with E-state index in [2.05, 4.69) is 20.7 Å². The third kappa shape index (κ3) is 3.23. The lowest BCUT2D eigenvalue weighted by molar-refractivity contribution is 0.607. The average molecular weight is 250 g/mol. The van der Waals surface area contributed by atoms with E-state index in [0.717, 1.165) is 10.7 Å². The molecule has 0 saturated carbocycles. The van der Waals surface area contributed by atoms with E-state index in [1.165, 1.54) is 0 Å². The fraction of sp³-hybridized carbons (Fsp3) is 0.143. The van der Waals surface area contributed by atoms with E-state index in [0.29, 0.717) is 5.69 Å². The summed E-state index contributed by atoms with van der Waals surface area (Å²) in [5.74, 6) is 0. The SMILES string of the molecule is CS(=O)(=O)Nc1cccc(Br)c1. The highest BCUT2D eigenvalue weighted by Crippen LogP contribution is 2.16. The molecule has 1 rings (SSSR count). The maximum Gasteiger partial charge on any atom is 0.229 e. The lowest BCUT2D eigenvalue weighted by atomic mass is 10.3. The normalized spacial score (nSPS) is 11.2. The number of anilines is 1. The van der Waals surface area contributed by atoms with Gasteiger partial charge in [-0.15, -0.1) is 0 Å². The molecule has 0 aliphatic heterocycles. The summed E-state index contributed by atoms with van der Waals surface area (Å²) < 4.78 is 24.8. The molecule has 0 aliphatic carbocycles. The zero-order valence-corrected chi connectivity index (χ0v) is 8.81. The summed E-state index contributed by atoms with van der Waals surface area (Å²) >= 11 is 3.23. The molecule has 0 atom stereocenters. The minimum absolute atomic E-state index is 0.562. The Morgan fingerprint density at radius 2 is 2.08 bits per heavy atom. The first-order valence-electron chi connectivity index (χ1n) is 3.21. The van der Waals surface area contributed by atoms with Crippen LogP contribution in [0.15, 0.2) is 28.7 Å². The molecule has 0 heterocycles. The first-order valence-corrected chi connectivity index (χ1v) is 5.89. The highest BCUT2D eigenvalue weighted by Gasteiger charge is 2.00. The highest BCUT2D eigenvalue weighted by atomic mass is 79.9. The summed E-state index contributed by atoms with van der Waals surface area (Å²) in [5.41, 5.74) is 0.562. The van der Waals surface area contributed by atoms with E-state index in [1.54, 1.807) is 18.2 Å². The molecular formula is C7H8BrNO2S. The minimum atomic E-state index is -3.16. The van der Waals surface area contributed by atoms with Crippen LogP contribution in [0.3, 0.4) is 0 Å². The van der Waals surface area contributed by atoms with Crippen molar-refractivity contribution in [3.8, 4) is 0 Å². The molecule has 0 aromatic heterocycles. The molecule has 1 aromatic rings. The van der Waals surface area contributed by atoms with Gasteiger partial charge in [-0.2, -0.15) is 0 Å². The van der Waals surface area contributed by atoms with Crippen LogP contribution in [-0.2, 0) is 10.0 Å². The Kier molecular flexibility index (Phi) is 2.74. The van der Waals surface area contributed by atoms with Crippen molar-refractivity contribution in [1.82, 2.24) is 0 Å². The van der Waals surface area contributed by atoms with Crippen molar-refractivity contribution >= 4 is 31.6 Å². The van der Waals surface area contributed by atoms with E-state index >= 15 is 0 Å². The summed E-state index contributed by atoms with van der Waals surface area (Å²) in [5, 5.41) is 0.